The molecule has 1 atom stereocenters. The summed E-state index contributed by atoms with van der Waals surface area (Å²) < 4.78 is 0. The molecule has 0 radical (unpaired) electrons. The van der Waals surface area contributed by atoms with E-state index in [0.29, 0.717) is 11.7 Å². The van der Waals surface area contributed by atoms with Gasteiger partial charge in [-0.15, -0.1) is 0 Å². The molecule has 0 aliphatic carbocycles. The van der Waals surface area contributed by atoms with Crippen LogP contribution in [-0.4, -0.2) is 19.4 Å². The van der Waals surface area contributed by atoms with E-state index in [1.807, 2.05) is 14.0 Å². The lowest BCUT2D eigenvalue weighted by Crippen LogP contribution is -2.25. The molecule has 2 nitrogen and oxygen atoms in total. The highest BCUT2D eigenvalue weighted by Gasteiger charge is 2.15. The Morgan fingerprint density at radius 3 is 2.23 bits per heavy atom. The number of carbonyl (C=O) groups is 1. The molecule has 78 valence electrons. The summed E-state index contributed by atoms with van der Waals surface area (Å²) in [7, 11) is 1.89. The summed E-state index contributed by atoms with van der Waals surface area (Å²) in [6.45, 7) is 7.12. The van der Waals surface area contributed by atoms with E-state index in [2.05, 4.69) is 19.2 Å². The van der Waals surface area contributed by atoms with Crippen LogP contribution in [0.5, 0.6) is 0 Å². The summed E-state index contributed by atoms with van der Waals surface area (Å²) in [5, 5.41) is 3.04. The largest absolute Gasteiger partial charge is 0.319 e. The minimum Gasteiger partial charge on any atom is -0.319 e. The smallest absolute Gasteiger partial charge is 0.137 e. The second kappa shape index (κ2) is 7.07. The molecule has 0 aromatic rings. The summed E-state index contributed by atoms with van der Waals surface area (Å²) in [6, 6.07) is 0. The van der Waals surface area contributed by atoms with Crippen LogP contribution in [0.4, 0.5) is 0 Å². The Balaban J connectivity index is 3.83. The Morgan fingerprint density at radius 1 is 1.31 bits per heavy atom. The molecule has 0 saturated heterocycles. The Hall–Kier alpha value is -0.370. The quantitative estimate of drug-likeness (QED) is 0.659. The molecule has 0 saturated carbocycles. The lowest BCUT2D eigenvalue weighted by Gasteiger charge is -2.14. The lowest BCUT2D eigenvalue weighted by atomic mass is 9.92. The van der Waals surface area contributed by atoms with E-state index in [0.717, 1.165) is 25.8 Å². The van der Waals surface area contributed by atoms with Gasteiger partial charge in [-0.05, 0) is 13.0 Å². The van der Waals surface area contributed by atoms with Gasteiger partial charge in [0.25, 0.3) is 0 Å². The number of hydrogen-bond acceptors (Lipinski definition) is 2. The zero-order valence-electron chi connectivity index (χ0n) is 9.39. The van der Waals surface area contributed by atoms with Gasteiger partial charge in [-0.25, -0.2) is 0 Å². The summed E-state index contributed by atoms with van der Waals surface area (Å²) in [6.07, 6.45) is 3.00. The van der Waals surface area contributed by atoms with Crippen LogP contribution in [0.3, 0.4) is 0 Å². The van der Waals surface area contributed by atoms with Crippen LogP contribution in [0.2, 0.25) is 0 Å². The van der Waals surface area contributed by atoms with Crippen LogP contribution in [-0.2, 0) is 4.79 Å². The third-order valence-electron chi connectivity index (χ3n) is 2.70. The molecule has 0 heterocycles. The Bertz CT molecular complexity index is 141. The highest BCUT2D eigenvalue weighted by molar-refractivity contribution is 5.81. The van der Waals surface area contributed by atoms with Gasteiger partial charge in [0.1, 0.15) is 5.78 Å². The maximum Gasteiger partial charge on any atom is 0.137 e. The average Bonchev–Trinajstić information content (AvgIpc) is 2.14. The van der Waals surface area contributed by atoms with Crippen molar-refractivity contribution < 1.29 is 4.79 Å². The molecule has 0 spiro atoms. The molecule has 0 amide bonds. The number of ketones is 1. The monoisotopic (exact) mass is 185 g/mol. The van der Waals surface area contributed by atoms with E-state index >= 15 is 0 Å². The van der Waals surface area contributed by atoms with Gasteiger partial charge < -0.3 is 5.32 Å². The van der Waals surface area contributed by atoms with Crippen molar-refractivity contribution in [1.82, 2.24) is 5.32 Å². The van der Waals surface area contributed by atoms with Crippen molar-refractivity contribution in [3.63, 3.8) is 0 Å². The summed E-state index contributed by atoms with van der Waals surface area (Å²) in [5.74, 6) is 1.17. The first-order chi connectivity index (χ1) is 6.15. The minimum absolute atomic E-state index is 0.172. The number of Topliss-reactive ketones (excluding diaryl/α,β-unsaturated/α-hetero) is 1. The minimum atomic E-state index is 0.172. The van der Waals surface area contributed by atoms with Gasteiger partial charge in [-0.1, -0.05) is 33.6 Å². The second-order valence-electron chi connectivity index (χ2n) is 3.81. The number of hydrogen-bond donors (Lipinski definition) is 1. The summed E-state index contributed by atoms with van der Waals surface area (Å²) >= 11 is 0. The third-order valence-corrected chi connectivity index (χ3v) is 2.70. The number of rotatable bonds is 7. The van der Waals surface area contributed by atoms with Crippen molar-refractivity contribution in [2.45, 2.75) is 40.0 Å². The van der Waals surface area contributed by atoms with Crippen molar-refractivity contribution in [2.75, 3.05) is 13.6 Å². The van der Waals surface area contributed by atoms with Crippen molar-refractivity contribution in [1.29, 1.82) is 0 Å². The van der Waals surface area contributed by atoms with Crippen molar-refractivity contribution in [2.24, 2.45) is 11.8 Å². The van der Waals surface area contributed by atoms with Crippen LogP contribution >= 0.6 is 0 Å². The molecule has 0 bridgehead atoms. The van der Waals surface area contributed by atoms with E-state index in [1.165, 1.54) is 0 Å². The van der Waals surface area contributed by atoms with E-state index in [1.54, 1.807) is 0 Å². The van der Waals surface area contributed by atoms with Gasteiger partial charge in [-0.3, -0.25) is 4.79 Å². The molecule has 13 heavy (non-hydrogen) atoms. The third kappa shape index (κ3) is 5.04. The number of nitrogens with one attached hydrogen (secondary N) is 1. The summed E-state index contributed by atoms with van der Waals surface area (Å²) in [5.41, 5.74) is 0. The first-order valence-corrected chi connectivity index (χ1v) is 5.32. The fourth-order valence-electron chi connectivity index (χ4n) is 1.48. The van der Waals surface area contributed by atoms with E-state index in [4.69, 9.17) is 0 Å². The van der Waals surface area contributed by atoms with Crippen LogP contribution in [0.15, 0.2) is 0 Å². The van der Waals surface area contributed by atoms with Crippen molar-refractivity contribution >= 4 is 5.78 Å². The molecule has 0 aromatic heterocycles. The van der Waals surface area contributed by atoms with Crippen LogP contribution in [0.1, 0.15) is 40.0 Å². The van der Waals surface area contributed by atoms with Crippen molar-refractivity contribution in [3.05, 3.63) is 0 Å². The van der Waals surface area contributed by atoms with Gasteiger partial charge in [-0.2, -0.15) is 0 Å². The van der Waals surface area contributed by atoms with E-state index < -0.39 is 0 Å². The fraction of sp³-hybridized carbons (Fsp3) is 0.909. The topological polar surface area (TPSA) is 29.1 Å². The van der Waals surface area contributed by atoms with Gasteiger partial charge in [0.05, 0.1) is 0 Å². The van der Waals surface area contributed by atoms with Gasteiger partial charge in [0, 0.05) is 18.9 Å². The zero-order valence-corrected chi connectivity index (χ0v) is 9.39. The molecule has 0 aromatic carbocycles. The average molecular weight is 185 g/mol. The molecular formula is C11H23NO. The standard InChI is InChI=1S/C11H23NO/c1-5-10(6-2)7-11(13)9(3)8-12-4/h9-10,12H,5-8H2,1-4H3. The fourth-order valence-corrected chi connectivity index (χ4v) is 1.48. The van der Waals surface area contributed by atoms with E-state index in [-0.39, 0.29) is 5.92 Å². The molecule has 1 unspecified atom stereocenters. The van der Waals surface area contributed by atoms with Crippen molar-refractivity contribution in [3.8, 4) is 0 Å². The maximum atomic E-state index is 11.6. The molecule has 2 heteroatoms. The Kier molecular flexibility index (Phi) is 6.87. The maximum absolute atomic E-state index is 11.6. The Morgan fingerprint density at radius 2 is 1.85 bits per heavy atom. The molecule has 0 fully saturated rings. The first-order valence-electron chi connectivity index (χ1n) is 5.32. The Labute approximate surface area is 82.1 Å². The van der Waals surface area contributed by atoms with Gasteiger partial charge >= 0.3 is 0 Å². The van der Waals surface area contributed by atoms with Crippen LogP contribution in [0.25, 0.3) is 0 Å². The molecule has 0 aliphatic rings. The lowest BCUT2D eigenvalue weighted by molar-refractivity contribution is -0.123. The summed E-state index contributed by atoms with van der Waals surface area (Å²) in [4.78, 5) is 11.6. The molecule has 0 rings (SSSR count). The number of carbonyl (C=O) groups excluding carboxylic acids is 1. The van der Waals surface area contributed by atoms with Crippen LogP contribution in [0, 0.1) is 11.8 Å². The zero-order chi connectivity index (χ0) is 10.3. The normalized spacial score (nSPS) is 13.3. The molecular weight excluding hydrogens is 162 g/mol. The predicted octanol–water partition coefficient (Wildman–Crippen LogP) is 2.24. The SMILES string of the molecule is CCC(CC)CC(=O)C(C)CNC. The first kappa shape index (κ1) is 12.6. The highest BCUT2D eigenvalue weighted by atomic mass is 16.1. The predicted molar refractivity (Wildman–Crippen MR) is 56.8 cm³/mol. The van der Waals surface area contributed by atoms with E-state index in [9.17, 15) is 4.79 Å². The molecule has 1 N–H and O–H groups in total. The van der Waals surface area contributed by atoms with Gasteiger partial charge in [0.2, 0.25) is 0 Å². The van der Waals surface area contributed by atoms with Crippen LogP contribution < -0.4 is 5.32 Å². The second-order valence-corrected chi connectivity index (χ2v) is 3.81. The molecule has 0 aliphatic heterocycles. The highest BCUT2D eigenvalue weighted by Crippen LogP contribution is 2.15. The van der Waals surface area contributed by atoms with Gasteiger partial charge in [0.15, 0.2) is 0 Å².